The van der Waals surface area contributed by atoms with Crippen molar-refractivity contribution in [2.45, 2.75) is 57.9 Å². The van der Waals surface area contributed by atoms with Crippen LogP contribution in [0, 0.1) is 6.92 Å². The summed E-state index contributed by atoms with van der Waals surface area (Å²) in [5.41, 5.74) is 1.53. The third-order valence-corrected chi connectivity index (χ3v) is 7.48. The summed E-state index contributed by atoms with van der Waals surface area (Å²) in [7, 11) is 0. The number of aliphatic imine (C=N–C) groups is 1. The van der Waals surface area contributed by atoms with Gasteiger partial charge >= 0.3 is 6.18 Å². The van der Waals surface area contributed by atoms with Crippen LogP contribution < -0.4 is 10.6 Å². The number of hydrogen-bond acceptors (Lipinski definition) is 7. The molecule has 1 amide bonds. The highest BCUT2D eigenvalue weighted by atomic mass is 19.4. The lowest BCUT2D eigenvalue weighted by atomic mass is 9.84. The fourth-order valence-electron chi connectivity index (χ4n) is 5.02. The fourth-order valence-corrected chi connectivity index (χ4v) is 5.02. The van der Waals surface area contributed by atoms with Crippen molar-refractivity contribution in [3.05, 3.63) is 89.5 Å². The van der Waals surface area contributed by atoms with Gasteiger partial charge in [0.1, 0.15) is 0 Å². The third kappa shape index (κ3) is 5.98. The first-order valence-electron chi connectivity index (χ1n) is 13.2. The molecule has 1 aromatic carbocycles. The lowest BCUT2D eigenvalue weighted by Crippen LogP contribution is -2.51. The summed E-state index contributed by atoms with van der Waals surface area (Å²) in [6.45, 7) is 7.44. The van der Waals surface area contributed by atoms with Crippen LogP contribution in [0.1, 0.15) is 43.1 Å². The Kier molecular flexibility index (Phi) is 7.37. The number of hydrogen-bond donors (Lipinski definition) is 2. The van der Waals surface area contributed by atoms with Gasteiger partial charge in [0.25, 0.3) is 5.91 Å². The van der Waals surface area contributed by atoms with Crippen molar-refractivity contribution >= 4 is 23.9 Å². The topological polar surface area (TPSA) is 95.4 Å². The van der Waals surface area contributed by atoms with Crippen LogP contribution in [0.5, 0.6) is 0 Å². The molecular formula is C30H30F3N7O. The Morgan fingerprint density at radius 3 is 2.63 bits per heavy atom. The molecule has 0 saturated carbocycles. The normalized spacial score (nSPS) is 22.3. The second-order valence-corrected chi connectivity index (χ2v) is 10.6. The molecule has 3 aromatic rings. The number of anilines is 2. The van der Waals surface area contributed by atoms with Crippen LogP contribution in [0.2, 0.25) is 0 Å². The van der Waals surface area contributed by atoms with Gasteiger partial charge in [-0.25, -0.2) is 9.97 Å². The molecule has 0 spiro atoms. The van der Waals surface area contributed by atoms with Crippen LogP contribution in [-0.2, 0) is 0 Å². The molecule has 2 aromatic heterocycles. The first kappa shape index (κ1) is 28.0. The molecule has 212 valence electrons. The fraction of sp³-hybridized carbons (Fsp3) is 0.300. The number of alkyl halides is 3. The highest BCUT2D eigenvalue weighted by Crippen LogP contribution is 2.40. The van der Waals surface area contributed by atoms with Crippen LogP contribution in [-0.4, -0.2) is 55.9 Å². The number of carbonyl (C=O) groups is 1. The number of amides is 1. The first-order valence-corrected chi connectivity index (χ1v) is 13.2. The number of nitrogens with zero attached hydrogens (tertiary/aromatic N) is 5. The molecule has 2 aliphatic rings. The van der Waals surface area contributed by atoms with Gasteiger partial charge in [0.15, 0.2) is 0 Å². The molecule has 0 saturated heterocycles. The Morgan fingerprint density at radius 2 is 1.95 bits per heavy atom. The van der Waals surface area contributed by atoms with Gasteiger partial charge in [0.05, 0.1) is 29.7 Å². The SMILES string of the molecule is Cc1ccc(C(=O)NC2=CC(C)(N3C=NC(C)C3C)CC(C(F)(F)F)=C2)cc1Nc1nccc(-c2cccnc2)n1. The van der Waals surface area contributed by atoms with Crippen LogP contribution in [0.15, 0.2) is 83.4 Å². The molecule has 2 N–H and O–H groups in total. The zero-order valence-electron chi connectivity index (χ0n) is 23.1. The predicted octanol–water partition coefficient (Wildman–Crippen LogP) is 5.98. The summed E-state index contributed by atoms with van der Waals surface area (Å²) in [5, 5.41) is 5.84. The molecule has 11 heteroatoms. The maximum Gasteiger partial charge on any atom is 0.412 e. The zero-order chi connectivity index (χ0) is 29.4. The number of aromatic nitrogens is 3. The number of halogens is 3. The monoisotopic (exact) mass is 561 g/mol. The van der Waals surface area contributed by atoms with E-state index in [0.717, 1.165) is 17.2 Å². The maximum atomic E-state index is 13.9. The van der Waals surface area contributed by atoms with Crippen molar-refractivity contribution in [2.24, 2.45) is 4.99 Å². The lowest BCUT2D eigenvalue weighted by molar-refractivity contribution is -0.0971. The predicted molar refractivity (Wildman–Crippen MR) is 152 cm³/mol. The summed E-state index contributed by atoms with van der Waals surface area (Å²) in [6.07, 6.45) is 4.48. The van der Waals surface area contributed by atoms with Crippen molar-refractivity contribution in [1.29, 1.82) is 0 Å². The van der Waals surface area contributed by atoms with Crippen LogP contribution in [0.3, 0.4) is 0 Å². The van der Waals surface area contributed by atoms with Gasteiger partial charge in [-0.3, -0.25) is 14.8 Å². The Labute approximate surface area is 236 Å². The molecule has 41 heavy (non-hydrogen) atoms. The highest BCUT2D eigenvalue weighted by molar-refractivity contribution is 5.97. The molecule has 0 bridgehead atoms. The summed E-state index contributed by atoms with van der Waals surface area (Å²) in [6, 6.07) is 10.3. The van der Waals surface area contributed by atoms with Crippen molar-refractivity contribution in [3.8, 4) is 11.3 Å². The molecule has 8 nitrogen and oxygen atoms in total. The molecule has 3 heterocycles. The molecule has 1 aliphatic heterocycles. The number of carbonyl (C=O) groups excluding carboxylic acids is 1. The van der Waals surface area contributed by atoms with E-state index in [-0.39, 0.29) is 29.8 Å². The van der Waals surface area contributed by atoms with Crippen LogP contribution >= 0.6 is 0 Å². The van der Waals surface area contributed by atoms with E-state index in [1.54, 1.807) is 62.2 Å². The van der Waals surface area contributed by atoms with E-state index in [1.807, 2.05) is 37.8 Å². The lowest BCUT2D eigenvalue weighted by Gasteiger charge is -2.42. The average Bonchev–Trinajstić information content (AvgIpc) is 3.28. The van der Waals surface area contributed by atoms with Gasteiger partial charge in [-0.2, -0.15) is 13.2 Å². The van der Waals surface area contributed by atoms with Crippen LogP contribution in [0.4, 0.5) is 24.8 Å². The molecule has 5 rings (SSSR count). The van der Waals surface area contributed by atoms with E-state index in [4.69, 9.17) is 0 Å². The molecule has 1 aliphatic carbocycles. The first-order chi connectivity index (χ1) is 19.4. The van der Waals surface area contributed by atoms with Gasteiger partial charge < -0.3 is 15.5 Å². The second-order valence-electron chi connectivity index (χ2n) is 10.6. The summed E-state index contributed by atoms with van der Waals surface area (Å²) < 4.78 is 41.8. The summed E-state index contributed by atoms with van der Waals surface area (Å²) in [5.74, 6) is -0.214. The van der Waals surface area contributed by atoms with E-state index >= 15 is 0 Å². The Morgan fingerprint density at radius 1 is 1.15 bits per heavy atom. The second kappa shape index (κ2) is 10.8. The quantitative estimate of drug-likeness (QED) is 0.385. The maximum absolute atomic E-state index is 13.9. The Balaban J connectivity index is 1.39. The minimum Gasteiger partial charge on any atom is -0.349 e. The zero-order valence-corrected chi connectivity index (χ0v) is 23.1. The Bertz CT molecular complexity index is 1550. The van der Waals surface area contributed by atoms with E-state index in [0.29, 0.717) is 17.3 Å². The largest absolute Gasteiger partial charge is 0.412 e. The third-order valence-electron chi connectivity index (χ3n) is 7.48. The number of rotatable bonds is 6. The summed E-state index contributed by atoms with van der Waals surface area (Å²) >= 11 is 0. The molecule has 0 fully saturated rings. The number of allylic oxidation sites excluding steroid dienone is 1. The smallest absolute Gasteiger partial charge is 0.349 e. The molecular weight excluding hydrogens is 531 g/mol. The van der Waals surface area contributed by atoms with Gasteiger partial charge in [-0.15, -0.1) is 0 Å². The van der Waals surface area contributed by atoms with Crippen molar-refractivity contribution in [2.75, 3.05) is 5.32 Å². The van der Waals surface area contributed by atoms with E-state index in [9.17, 15) is 18.0 Å². The number of nitrogens with one attached hydrogen (secondary N) is 2. The standard InChI is InChI=1S/C30H30F3N7O/c1-18-7-8-21(12-26(18)39-28-35-11-9-25(38-28)22-6-5-10-34-16-22)27(41)37-24-13-23(30(31,32)33)14-29(4,15-24)40-17-36-19(2)20(40)3/h5-13,15-17,19-20H,14H2,1-4H3,(H,37,41)(H,35,38,39). The van der Waals surface area contributed by atoms with Gasteiger partial charge in [0.2, 0.25) is 5.95 Å². The van der Waals surface area contributed by atoms with Gasteiger partial charge in [-0.1, -0.05) is 6.07 Å². The summed E-state index contributed by atoms with van der Waals surface area (Å²) in [4.78, 5) is 32.5. The van der Waals surface area contributed by atoms with E-state index < -0.39 is 23.2 Å². The molecule has 3 atom stereocenters. The minimum atomic E-state index is -4.54. The molecule has 3 unspecified atom stereocenters. The van der Waals surface area contributed by atoms with Gasteiger partial charge in [-0.05, 0) is 75.7 Å². The number of aryl methyl sites for hydroxylation is 1. The van der Waals surface area contributed by atoms with Crippen LogP contribution in [0.25, 0.3) is 11.3 Å². The Hall–Kier alpha value is -4.54. The molecule has 0 radical (unpaired) electrons. The van der Waals surface area contributed by atoms with Crippen molar-refractivity contribution in [3.63, 3.8) is 0 Å². The van der Waals surface area contributed by atoms with Crippen molar-refractivity contribution < 1.29 is 18.0 Å². The minimum absolute atomic E-state index is 0.0500. The van der Waals surface area contributed by atoms with E-state index in [1.165, 1.54) is 0 Å². The van der Waals surface area contributed by atoms with E-state index in [2.05, 4.69) is 30.6 Å². The average molecular weight is 562 g/mol. The van der Waals surface area contributed by atoms with Gasteiger partial charge in [0, 0.05) is 53.1 Å². The van der Waals surface area contributed by atoms with Crippen molar-refractivity contribution in [1.82, 2.24) is 25.2 Å². The highest BCUT2D eigenvalue weighted by Gasteiger charge is 2.45. The number of pyridine rings is 1. The number of benzene rings is 1.